The van der Waals surface area contributed by atoms with Gasteiger partial charge in [-0.05, 0) is 102 Å². The third kappa shape index (κ3) is 5.97. The van der Waals surface area contributed by atoms with E-state index in [4.69, 9.17) is 9.47 Å². The smallest absolute Gasteiger partial charge is 0.266 e. The standard InChI is InChI=1S/C43H38N2O6/c1-7-44-38(46)34-22-20-32(24-36(34)39(44)47)50-30-16-10-27(11-17-30)43(5,6)28-12-18-31(19-13-28)51-33-21-23-35-37(25-33)41(49)45(40(35)48)29-14-8-26(9-15-29)42(2,3)4/h8-25H,7H2,1-6H3. The fourth-order valence-electron chi connectivity index (χ4n) is 6.57. The third-order valence-corrected chi connectivity index (χ3v) is 9.73. The monoisotopic (exact) mass is 678 g/mol. The molecule has 256 valence electrons. The predicted molar refractivity (Wildman–Crippen MR) is 195 cm³/mol. The van der Waals surface area contributed by atoms with Crippen molar-refractivity contribution in [3.63, 3.8) is 0 Å². The molecule has 7 rings (SSSR count). The molecule has 0 fully saturated rings. The summed E-state index contributed by atoms with van der Waals surface area (Å²) in [5.41, 5.74) is 4.80. The van der Waals surface area contributed by atoms with Gasteiger partial charge >= 0.3 is 0 Å². The Bertz CT molecular complexity index is 2210. The zero-order chi connectivity index (χ0) is 36.2. The minimum atomic E-state index is -0.375. The van der Waals surface area contributed by atoms with Gasteiger partial charge in [0.1, 0.15) is 23.0 Å². The average Bonchev–Trinajstić information content (AvgIpc) is 3.51. The van der Waals surface area contributed by atoms with Crippen LogP contribution in [0.1, 0.15) is 99.7 Å². The summed E-state index contributed by atoms with van der Waals surface area (Å²) in [6.07, 6.45) is 0. The summed E-state index contributed by atoms with van der Waals surface area (Å²) in [7, 11) is 0. The topological polar surface area (TPSA) is 93.2 Å². The molecular weight excluding hydrogens is 640 g/mol. The molecule has 0 aliphatic carbocycles. The molecule has 0 spiro atoms. The Morgan fingerprint density at radius 3 is 1.33 bits per heavy atom. The minimum absolute atomic E-state index is 0.0424. The Morgan fingerprint density at radius 1 is 0.471 bits per heavy atom. The van der Waals surface area contributed by atoms with Gasteiger partial charge in [0.15, 0.2) is 0 Å². The van der Waals surface area contributed by atoms with Gasteiger partial charge in [0, 0.05) is 12.0 Å². The van der Waals surface area contributed by atoms with E-state index in [0.717, 1.165) is 16.7 Å². The molecule has 2 aliphatic rings. The highest BCUT2D eigenvalue weighted by Crippen LogP contribution is 2.37. The minimum Gasteiger partial charge on any atom is -0.457 e. The quantitative estimate of drug-likeness (QED) is 0.152. The van der Waals surface area contributed by atoms with E-state index in [2.05, 4.69) is 34.6 Å². The van der Waals surface area contributed by atoms with E-state index in [-0.39, 0.29) is 34.5 Å². The lowest BCUT2D eigenvalue weighted by atomic mass is 9.78. The molecule has 0 bridgehead atoms. The number of nitrogens with zero attached hydrogens (tertiary/aromatic N) is 2. The molecule has 8 nitrogen and oxygen atoms in total. The number of hydrogen-bond acceptors (Lipinski definition) is 6. The summed E-state index contributed by atoms with van der Waals surface area (Å²) in [6.45, 7) is 12.7. The van der Waals surface area contributed by atoms with E-state index in [9.17, 15) is 19.2 Å². The molecule has 0 radical (unpaired) electrons. The van der Waals surface area contributed by atoms with Gasteiger partial charge in [-0.15, -0.1) is 0 Å². The van der Waals surface area contributed by atoms with Gasteiger partial charge in [0.2, 0.25) is 0 Å². The largest absolute Gasteiger partial charge is 0.457 e. The van der Waals surface area contributed by atoms with E-state index in [1.165, 1.54) is 9.80 Å². The van der Waals surface area contributed by atoms with Gasteiger partial charge in [0.05, 0.1) is 27.9 Å². The van der Waals surface area contributed by atoms with Crippen LogP contribution in [0.4, 0.5) is 5.69 Å². The van der Waals surface area contributed by atoms with E-state index >= 15 is 0 Å². The van der Waals surface area contributed by atoms with Crippen LogP contribution in [0.15, 0.2) is 109 Å². The summed E-state index contributed by atoms with van der Waals surface area (Å²) >= 11 is 0. The Balaban J connectivity index is 1.02. The van der Waals surface area contributed by atoms with Crippen LogP contribution in [0.25, 0.3) is 0 Å². The zero-order valence-corrected chi connectivity index (χ0v) is 29.4. The van der Waals surface area contributed by atoms with Crippen LogP contribution in [0.5, 0.6) is 23.0 Å². The number of carbonyl (C=O) groups is 4. The van der Waals surface area contributed by atoms with Crippen molar-refractivity contribution >= 4 is 29.3 Å². The summed E-state index contributed by atoms with van der Waals surface area (Å²) in [5.74, 6) is 0.845. The second-order valence-corrected chi connectivity index (χ2v) is 14.4. The Hall–Kier alpha value is -6.02. The maximum atomic E-state index is 13.4. The molecule has 5 aromatic carbocycles. The van der Waals surface area contributed by atoms with Crippen molar-refractivity contribution in [1.29, 1.82) is 0 Å². The third-order valence-electron chi connectivity index (χ3n) is 9.73. The molecule has 4 amide bonds. The lowest BCUT2D eigenvalue weighted by Gasteiger charge is -2.26. The maximum absolute atomic E-state index is 13.4. The molecule has 0 saturated carbocycles. The molecule has 0 atom stereocenters. The first-order chi connectivity index (χ1) is 24.3. The molecule has 5 aromatic rings. The number of anilines is 1. The van der Waals surface area contributed by atoms with Crippen LogP contribution in [0.3, 0.4) is 0 Å². The number of carbonyl (C=O) groups excluding carboxylic acids is 4. The highest BCUT2D eigenvalue weighted by Gasteiger charge is 2.37. The summed E-state index contributed by atoms with van der Waals surface area (Å²) in [5, 5.41) is 0. The van der Waals surface area contributed by atoms with E-state index < -0.39 is 0 Å². The Morgan fingerprint density at radius 2 is 0.863 bits per heavy atom. The number of ether oxygens (including phenoxy) is 2. The maximum Gasteiger partial charge on any atom is 0.266 e. The lowest BCUT2D eigenvalue weighted by molar-refractivity contribution is 0.0662. The molecule has 2 aliphatic heterocycles. The van der Waals surface area contributed by atoms with Crippen LogP contribution < -0.4 is 14.4 Å². The highest BCUT2D eigenvalue weighted by molar-refractivity contribution is 6.34. The normalized spacial score (nSPS) is 14.2. The number of hydrogen-bond donors (Lipinski definition) is 0. The van der Waals surface area contributed by atoms with Crippen molar-refractivity contribution in [2.45, 2.75) is 52.4 Å². The summed E-state index contributed by atoms with van der Waals surface area (Å²) in [6, 6.07) is 33.0. The first-order valence-electron chi connectivity index (χ1n) is 17.0. The van der Waals surface area contributed by atoms with E-state index in [0.29, 0.717) is 57.5 Å². The first-order valence-corrected chi connectivity index (χ1v) is 17.0. The van der Waals surface area contributed by atoms with Crippen molar-refractivity contribution in [2.24, 2.45) is 0 Å². The van der Waals surface area contributed by atoms with Crippen LogP contribution in [0, 0.1) is 0 Å². The summed E-state index contributed by atoms with van der Waals surface area (Å²) < 4.78 is 12.2. The molecule has 8 heteroatoms. The fourth-order valence-corrected chi connectivity index (χ4v) is 6.57. The molecule has 0 saturated heterocycles. The molecule has 0 unspecified atom stereocenters. The van der Waals surface area contributed by atoms with Crippen LogP contribution in [-0.2, 0) is 10.8 Å². The van der Waals surface area contributed by atoms with Crippen molar-refractivity contribution in [2.75, 3.05) is 11.4 Å². The number of rotatable bonds is 8. The van der Waals surface area contributed by atoms with Gasteiger partial charge in [-0.25, -0.2) is 4.90 Å². The Kier molecular flexibility index (Phi) is 8.13. The molecule has 2 heterocycles. The van der Waals surface area contributed by atoms with Crippen molar-refractivity contribution in [3.8, 4) is 23.0 Å². The fraction of sp³-hybridized carbons (Fsp3) is 0.209. The van der Waals surface area contributed by atoms with Gasteiger partial charge in [-0.2, -0.15) is 0 Å². The van der Waals surface area contributed by atoms with Crippen LogP contribution >= 0.6 is 0 Å². The van der Waals surface area contributed by atoms with Crippen molar-refractivity contribution in [3.05, 3.63) is 148 Å². The highest BCUT2D eigenvalue weighted by atomic mass is 16.5. The second kappa shape index (κ2) is 12.4. The van der Waals surface area contributed by atoms with E-state index in [1.54, 1.807) is 43.3 Å². The number of amides is 4. The number of fused-ring (bicyclic) bond motifs is 2. The molecule has 0 aromatic heterocycles. The summed E-state index contributed by atoms with van der Waals surface area (Å²) in [4.78, 5) is 54.1. The van der Waals surface area contributed by atoms with Gasteiger partial charge in [-0.1, -0.05) is 71.0 Å². The molecule has 0 N–H and O–H groups in total. The van der Waals surface area contributed by atoms with Crippen molar-refractivity contribution < 1.29 is 28.7 Å². The van der Waals surface area contributed by atoms with Crippen LogP contribution in [-0.4, -0.2) is 35.1 Å². The second-order valence-electron chi connectivity index (χ2n) is 14.4. The van der Waals surface area contributed by atoms with Crippen LogP contribution in [0.2, 0.25) is 0 Å². The van der Waals surface area contributed by atoms with Gasteiger partial charge in [0.25, 0.3) is 23.6 Å². The van der Waals surface area contributed by atoms with Crippen molar-refractivity contribution in [1.82, 2.24) is 4.90 Å². The SMILES string of the molecule is CCN1C(=O)c2ccc(Oc3ccc(C(C)(C)c4ccc(Oc5ccc6c(c5)C(=O)N(c5ccc(C(C)(C)C)cc5)C6=O)cc4)cc3)cc2C1=O. The molecule has 51 heavy (non-hydrogen) atoms. The molecular formula is C43H38N2O6. The van der Waals surface area contributed by atoms with E-state index in [1.807, 2.05) is 72.8 Å². The lowest BCUT2D eigenvalue weighted by Crippen LogP contribution is -2.29. The first kappa shape index (κ1) is 33.5. The van der Waals surface area contributed by atoms with Gasteiger partial charge in [-0.3, -0.25) is 24.1 Å². The number of imide groups is 2. The van der Waals surface area contributed by atoms with Gasteiger partial charge < -0.3 is 9.47 Å². The zero-order valence-electron chi connectivity index (χ0n) is 29.4. The average molecular weight is 679 g/mol. The number of benzene rings is 5. The predicted octanol–water partition coefficient (Wildman–Crippen LogP) is 9.31. The Labute approximate surface area is 297 Å².